The first-order valence-corrected chi connectivity index (χ1v) is 17.4. The number of carbonyl (C=O) groups excluding carboxylic acids is 2. The van der Waals surface area contributed by atoms with Gasteiger partial charge in [-0.3, -0.25) is 14.4 Å². The van der Waals surface area contributed by atoms with Gasteiger partial charge in [0.1, 0.15) is 0 Å². The lowest BCUT2D eigenvalue weighted by molar-refractivity contribution is -0.134. The fourth-order valence-electron chi connectivity index (χ4n) is 4.78. The maximum absolute atomic E-state index is 11.9. The number of hydrogen-bond donors (Lipinski definition) is 4. The van der Waals surface area contributed by atoms with E-state index in [0.29, 0.717) is 25.9 Å². The van der Waals surface area contributed by atoms with Crippen molar-refractivity contribution in [2.24, 2.45) is 0 Å². The first-order chi connectivity index (χ1) is 19.9. The summed E-state index contributed by atoms with van der Waals surface area (Å²) in [6, 6.07) is 0. The highest BCUT2D eigenvalue weighted by Crippen LogP contribution is 2.13. The zero-order valence-corrected chi connectivity index (χ0v) is 27.5. The molecule has 0 saturated carbocycles. The Balaban J connectivity index is 0. The Hall–Kier alpha value is -1.63. The molecule has 7 nitrogen and oxygen atoms in total. The van der Waals surface area contributed by atoms with Gasteiger partial charge in [-0.1, -0.05) is 142 Å². The van der Waals surface area contributed by atoms with Gasteiger partial charge in [0.05, 0.1) is 0 Å². The summed E-state index contributed by atoms with van der Waals surface area (Å²) in [6.45, 7) is 8.42. The van der Waals surface area contributed by atoms with E-state index >= 15 is 0 Å². The summed E-state index contributed by atoms with van der Waals surface area (Å²) in [5.41, 5.74) is 0. The summed E-state index contributed by atoms with van der Waals surface area (Å²) in [5, 5.41) is 16.7. The van der Waals surface area contributed by atoms with Gasteiger partial charge in [0.2, 0.25) is 11.8 Å². The molecule has 244 valence electrons. The largest absolute Gasteiger partial charge is 0.481 e. The maximum atomic E-state index is 11.9. The van der Waals surface area contributed by atoms with Gasteiger partial charge in [-0.05, 0) is 12.8 Å². The van der Waals surface area contributed by atoms with Crippen LogP contribution in [0.3, 0.4) is 0 Å². The first kappa shape index (κ1) is 41.5. The van der Waals surface area contributed by atoms with Gasteiger partial charge < -0.3 is 21.1 Å². The summed E-state index contributed by atoms with van der Waals surface area (Å²) >= 11 is 0. The van der Waals surface area contributed by atoms with Crippen molar-refractivity contribution in [3.8, 4) is 0 Å². The van der Waals surface area contributed by atoms with E-state index in [9.17, 15) is 9.59 Å². The van der Waals surface area contributed by atoms with Gasteiger partial charge in [-0.2, -0.15) is 0 Å². The second-order valence-electron chi connectivity index (χ2n) is 11.5. The lowest BCUT2D eigenvalue weighted by Gasteiger charge is -2.08. The Morgan fingerprint density at radius 3 is 0.951 bits per heavy atom. The minimum absolute atomic E-state index is 0.165. The maximum Gasteiger partial charge on any atom is 0.300 e. The molecule has 2 amide bonds. The molecule has 0 aromatic carbocycles. The molecule has 7 heteroatoms. The third-order valence-electron chi connectivity index (χ3n) is 7.26. The Morgan fingerprint density at radius 2 is 0.683 bits per heavy atom. The third kappa shape index (κ3) is 43.0. The van der Waals surface area contributed by atoms with Crippen LogP contribution in [0.1, 0.15) is 175 Å². The van der Waals surface area contributed by atoms with Gasteiger partial charge in [0.15, 0.2) is 0 Å². The SMILES string of the molecule is CC(=O)O.CCCCCCCCCCCCCC(=O)NCCNCCNC(=O)CCCCCCCCCCCCC. The normalized spacial score (nSPS) is 10.6. The van der Waals surface area contributed by atoms with Gasteiger partial charge in [0.25, 0.3) is 5.97 Å². The average Bonchev–Trinajstić information content (AvgIpc) is 2.93. The standard InChI is InChI=1S/C32H65N3O2.C2H4O2/c1-3-5-7-9-11-13-15-17-19-21-23-25-31(36)34-29-27-33-28-30-35-32(37)26-24-22-20-18-16-14-12-10-8-6-4-2;1-2(3)4/h33H,3-30H2,1-2H3,(H,34,36)(H,35,37);1H3,(H,3,4). The van der Waals surface area contributed by atoms with Crippen LogP contribution in [0.4, 0.5) is 0 Å². The molecular formula is C34H69N3O4. The van der Waals surface area contributed by atoms with E-state index in [1.54, 1.807) is 0 Å². The van der Waals surface area contributed by atoms with Crippen molar-refractivity contribution in [2.45, 2.75) is 175 Å². The van der Waals surface area contributed by atoms with E-state index in [1.165, 1.54) is 128 Å². The van der Waals surface area contributed by atoms with E-state index < -0.39 is 5.97 Å². The Morgan fingerprint density at radius 1 is 0.439 bits per heavy atom. The molecule has 0 rings (SSSR count). The lowest BCUT2D eigenvalue weighted by atomic mass is 10.1. The van der Waals surface area contributed by atoms with Crippen molar-refractivity contribution in [3.63, 3.8) is 0 Å². The molecule has 0 radical (unpaired) electrons. The summed E-state index contributed by atoms with van der Waals surface area (Å²) < 4.78 is 0. The smallest absolute Gasteiger partial charge is 0.300 e. The number of hydrogen-bond acceptors (Lipinski definition) is 4. The van der Waals surface area contributed by atoms with Crippen LogP contribution in [0.2, 0.25) is 0 Å². The number of carboxylic acids is 1. The molecule has 0 aliphatic heterocycles. The van der Waals surface area contributed by atoms with E-state index in [-0.39, 0.29) is 11.8 Å². The Labute approximate surface area is 254 Å². The number of amides is 2. The highest BCUT2D eigenvalue weighted by Gasteiger charge is 2.02. The van der Waals surface area contributed by atoms with Crippen molar-refractivity contribution in [1.29, 1.82) is 0 Å². The second-order valence-corrected chi connectivity index (χ2v) is 11.5. The topological polar surface area (TPSA) is 108 Å². The van der Waals surface area contributed by atoms with Crippen LogP contribution in [0, 0.1) is 0 Å². The molecule has 0 atom stereocenters. The van der Waals surface area contributed by atoms with Crippen LogP contribution in [0.25, 0.3) is 0 Å². The molecule has 0 saturated heterocycles. The van der Waals surface area contributed by atoms with Crippen LogP contribution in [-0.4, -0.2) is 49.1 Å². The molecule has 4 N–H and O–H groups in total. The van der Waals surface area contributed by atoms with Gasteiger partial charge in [-0.15, -0.1) is 0 Å². The van der Waals surface area contributed by atoms with Crippen molar-refractivity contribution >= 4 is 17.8 Å². The van der Waals surface area contributed by atoms with Crippen LogP contribution in [0.15, 0.2) is 0 Å². The molecule has 0 spiro atoms. The zero-order chi connectivity index (χ0) is 30.7. The minimum Gasteiger partial charge on any atom is -0.481 e. The number of aliphatic carboxylic acids is 1. The number of carbonyl (C=O) groups is 3. The van der Waals surface area contributed by atoms with E-state index in [1.807, 2.05) is 0 Å². The number of carboxylic acid groups (broad SMARTS) is 1. The van der Waals surface area contributed by atoms with Crippen molar-refractivity contribution in [2.75, 3.05) is 26.2 Å². The van der Waals surface area contributed by atoms with Crippen molar-refractivity contribution < 1.29 is 19.5 Å². The zero-order valence-electron chi connectivity index (χ0n) is 27.5. The van der Waals surface area contributed by atoms with Crippen LogP contribution in [0.5, 0.6) is 0 Å². The summed E-state index contributed by atoms with van der Waals surface area (Å²) in [4.78, 5) is 32.9. The summed E-state index contributed by atoms with van der Waals surface area (Å²) in [7, 11) is 0. The molecule has 0 bridgehead atoms. The quantitative estimate of drug-likeness (QED) is 0.0636. The average molecular weight is 584 g/mol. The van der Waals surface area contributed by atoms with Crippen molar-refractivity contribution in [1.82, 2.24) is 16.0 Å². The second kappa shape index (κ2) is 36.4. The Bertz CT molecular complexity index is 526. The van der Waals surface area contributed by atoms with Crippen LogP contribution in [-0.2, 0) is 14.4 Å². The Kier molecular flexibility index (Phi) is 36.8. The summed E-state index contributed by atoms with van der Waals surface area (Å²) in [5.74, 6) is -0.504. The minimum atomic E-state index is -0.833. The highest BCUT2D eigenvalue weighted by atomic mass is 16.4. The molecule has 0 heterocycles. The van der Waals surface area contributed by atoms with E-state index in [2.05, 4.69) is 29.8 Å². The third-order valence-corrected chi connectivity index (χ3v) is 7.26. The van der Waals surface area contributed by atoms with Gasteiger partial charge in [-0.25, -0.2) is 0 Å². The molecule has 0 aliphatic carbocycles. The van der Waals surface area contributed by atoms with Crippen LogP contribution < -0.4 is 16.0 Å². The fraction of sp³-hybridized carbons (Fsp3) is 0.912. The van der Waals surface area contributed by atoms with Crippen molar-refractivity contribution in [3.05, 3.63) is 0 Å². The fourth-order valence-corrected chi connectivity index (χ4v) is 4.78. The van der Waals surface area contributed by atoms with Gasteiger partial charge >= 0.3 is 0 Å². The molecule has 41 heavy (non-hydrogen) atoms. The predicted octanol–water partition coefficient (Wildman–Crippen LogP) is 8.30. The lowest BCUT2D eigenvalue weighted by Crippen LogP contribution is -2.36. The number of unbranched alkanes of at least 4 members (excludes halogenated alkanes) is 20. The number of rotatable bonds is 30. The molecular weight excluding hydrogens is 514 g/mol. The molecule has 0 unspecified atom stereocenters. The van der Waals surface area contributed by atoms with E-state index in [4.69, 9.17) is 9.90 Å². The van der Waals surface area contributed by atoms with Crippen LogP contribution >= 0.6 is 0 Å². The molecule has 0 aromatic rings. The van der Waals surface area contributed by atoms with Gasteiger partial charge in [0, 0.05) is 45.9 Å². The molecule has 0 aliphatic rings. The number of nitrogens with one attached hydrogen (secondary N) is 3. The predicted molar refractivity (Wildman–Crippen MR) is 174 cm³/mol. The molecule has 0 fully saturated rings. The summed E-state index contributed by atoms with van der Waals surface area (Å²) in [6.07, 6.45) is 30.0. The highest BCUT2D eigenvalue weighted by molar-refractivity contribution is 5.76. The monoisotopic (exact) mass is 584 g/mol. The van der Waals surface area contributed by atoms with E-state index in [0.717, 1.165) is 32.9 Å². The first-order valence-electron chi connectivity index (χ1n) is 17.4. The molecule has 0 aromatic heterocycles.